The third-order valence-corrected chi connectivity index (χ3v) is 15.0. The molecule has 0 fully saturated rings. The molecule has 8 nitrogen and oxygen atoms in total. The fraction of sp³-hybridized carbons (Fsp3) is 0.750. The van der Waals surface area contributed by atoms with Gasteiger partial charge in [0.05, 0.1) is 39.9 Å². The quantitative estimate of drug-likeness (QED) is 0.0243. The van der Waals surface area contributed by atoms with Crippen LogP contribution in [0.2, 0.25) is 0 Å². The number of rotatable bonds is 58. The van der Waals surface area contributed by atoms with Gasteiger partial charge >= 0.3 is 7.82 Å². The average molecular weight is 1100 g/mol. The van der Waals surface area contributed by atoms with Crippen LogP contribution in [0.4, 0.5) is 0 Å². The van der Waals surface area contributed by atoms with Crippen molar-refractivity contribution in [3.8, 4) is 0 Å². The highest BCUT2D eigenvalue weighted by Crippen LogP contribution is 2.43. The second-order valence-electron chi connectivity index (χ2n) is 22.7. The fourth-order valence-electron chi connectivity index (χ4n) is 9.06. The van der Waals surface area contributed by atoms with Gasteiger partial charge in [-0.2, -0.15) is 0 Å². The molecule has 0 aromatic carbocycles. The Hall–Kier alpha value is -2.58. The summed E-state index contributed by atoms with van der Waals surface area (Å²) in [4.78, 5) is 23.4. The summed E-state index contributed by atoms with van der Waals surface area (Å²) >= 11 is 0. The number of aliphatic hydroxyl groups excluding tert-OH is 1. The SMILES string of the molecule is CC/C=C\C/C=C\C/C=C\C/C=C\C/C=C\C/C=C\CCCCCCCCCCCCCCC(=O)NC(COP(=O)(O)OCC[N+](C)(C)C)C(O)/C=C/CC/C=C/CCCCCCCCCCCCCCCCCCCC. The molecule has 0 bridgehead atoms. The monoisotopic (exact) mass is 1100 g/mol. The number of unbranched alkanes of at least 4 members (excludes halogenated alkanes) is 31. The summed E-state index contributed by atoms with van der Waals surface area (Å²) in [5, 5.41) is 14.0. The van der Waals surface area contributed by atoms with Crippen LogP contribution >= 0.6 is 7.82 Å². The van der Waals surface area contributed by atoms with Crippen molar-refractivity contribution in [3.05, 3.63) is 97.2 Å². The van der Waals surface area contributed by atoms with E-state index in [1.807, 2.05) is 27.2 Å². The zero-order valence-corrected chi connectivity index (χ0v) is 51.8. The molecular formula is C68H124N2O6P+. The molecule has 0 aromatic heterocycles. The minimum absolute atomic E-state index is 0.0522. The van der Waals surface area contributed by atoms with Gasteiger partial charge in [0.15, 0.2) is 0 Å². The number of nitrogens with zero attached hydrogens (tertiary/aromatic N) is 1. The third-order valence-electron chi connectivity index (χ3n) is 14.0. The number of carbonyl (C=O) groups is 1. The molecule has 3 N–H and O–H groups in total. The summed E-state index contributed by atoms with van der Waals surface area (Å²) in [5.74, 6) is -0.190. The van der Waals surface area contributed by atoms with E-state index in [-0.39, 0.29) is 19.1 Å². The summed E-state index contributed by atoms with van der Waals surface area (Å²) in [6, 6.07) is -0.871. The zero-order valence-electron chi connectivity index (χ0n) is 50.9. The Kier molecular flexibility index (Phi) is 56.1. The lowest BCUT2D eigenvalue weighted by Gasteiger charge is -2.25. The maximum Gasteiger partial charge on any atom is 0.472 e. The third kappa shape index (κ3) is 60.9. The van der Waals surface area contributed by atoms with Gasteiger partial charge in [-0.3, -0.25) is 13.8 Å². The van der Waals surface area contributed by atoms with Gasteiger partial charge in [-0.05, 0) is 83.5 Å². The van der Waals surface area contributed by atoms with Gasteiger partial charge in [-0.1, -0.05) is 284 Å². The Bertz CT molecular complexity index is 1570. The van der Waals surface area contributed by atoms with E-state index in [0.717, 1.165) is 77.0 Å². The van der Waals surface area contributed by atoms with Crippen LogP contribution in [0, 0.1) is 0 Å². The largest absolute Gasteiger partial charge is 0.472 e. The van der Waals surface area contributed by atoms with Crippen molar-refractivity contribution in [2.24, 2.45) is 0 Å². The summed E-state index contributed by atoms with van der Waals surface area (Å²) in [6.45, 7) is 4.70. The van der Waals surface area contributed by atoms with E-state index in [4.69, 9.17) is 9.05 Å². The predicted molar refractivity (Wildman–Crippen MR) is 336 cm³/mol. The Morgan fingerprint density at radius 2 is 0.792 bits per heavy atom. The molecule has 3 atom stereocenters. The van der Waals surface area contributed by atoms with E-state index in [9.17, 15) is 19.4 Å². The Labute approximate surface area is 477 Å². The molecule has 0 rings (SSSR count). The van der Waals surface area contributed by atoms with Crippen molar-refractivity contribution in [2.45, 2.75) is 289 Å². The van der Waals surface area contributed by atoms with Crippen molar-refractivity contribution in [2.75, 3.05) is 40.9 Å². The zero-order chi connectivity index (χ0) is 56.3. The van der Waals surface area contributed by atoms with Crippen molar-refractivity contribution in [1.29, 1.82) is 0 Å². The first-order valence-electron chi connectivity index (χ1n) is 32.1. The maximum absolute atomic E-state index is 13.0. The molecule has 0 aliphatic rings. The number of quaternary nitrogens is 1. The second-order valence-corrected chi connectivity index (χ2v) is 24.2. The number of carbonyl (C=O) groups excluding carboxylic acids is 1. The topological polar surface area (TPSA) is 105 Å². The maximum atomic E-state index is 13.0. The van der Waals surface area contributed by atoms with Crippen LogP contribution in [-0.2, 0) is 18.4 Å². The van der Waals surface area contributed by atoms with Crippen LogP contribution < -0.4 is 5.32 Å². The van der Waals surface area contributed by atoms with Crippen molar-refractivity contribution >= 4 is 13.7 Å². The Balaban J connectivity index is 4.19. The van der Waals surface area contributed by atoms with E-state index in [1.54, 1.807) is 6.08 Å². The van der Waals surface area contributed by atoms with Gasteiger partial charge in [0, 0.05) is 6.42 Å². The summed E-state index contributed by atoms with van der Waals surface area (Å²) in [7, 11) is 1.55. The van der Waals surface area contributed by atoms with E-state index in [1.165, 1.54) is 180 Å². The lowest BCUT2D eigenvalue weighted by atomic mass is 10.0. The summed E-state index contributed by atoms with van der Waals surface area (Å²) in [6.07, 6.45) is 83.9. The number of phosphoric ester groups is 1. The van der Waals surface area contributed by atoms with Gasteiger partial charge in [-0.25, -0.2) is 4.57 Å². The number of likely N-dealkylation sites (N-methyl/N-ethyl adjacent to an activating group) is 1. The molecule has 0 aromatic rings. The van der Waals surface area contributed by atoms with E-state index in [2.05, 4.69) is 104 Å². The Morgan fingerprint density at radius 3 is 1.19 bits per heavy atom. The van der Waals surface area contributed by atoms with Gasteiger partial charge < -0.3 is 19.8 Å². The lowest BCUT2D eigenvalue weighted by molar-refractivity contribution is -0.870. The van der Waals surface area contributed by atoms with Crippen molar-refractivity contribution in [1.82, 2.24) is 5.32 Å². The molecule has 9 heteroatoms. The molecule has 0 aliphatic carbocycles. The van der Waals surface area contributed by atoms with E-state index in [0.29, 0.717) is 17.4 Å². The first-order chi connectivity index (χ1) is 37.5. The van der Waals surface area contributed by atoms with Crippen LogP contribution in [0.5, 0.6) is 0 Å². The van der Waals surface area contributed by atoms with Gasteiger partial charge in [0.1, 0.15) is 13.2 Å². The second kappa shape index (κ2) is 58.1. The first kappa shape index (κ1) is 74.4. The van der Waals surface area contributed by atoms with Crippen molar-refractivity contribution < 1.29 is 32.9 Å². The molecule has 1 amide bonds. The predicted octanol–water partition coefficient (Wildman–Crippen LogP) is 20.2. The fourth-order valence-corrected chi connectivity index (χ4v) is 9.80. The summed E-state index contributed by atoms with van der Waals surface area (Å²) in [5.41, 5.74) is 0. The molecular weight excluding hydrogens is 972 g/mol. The number of hydrogen-bond acceptors (Lipinski definition) is 5. The highest BCUT2D eigenvalue weighted by atomic mass is 31.2. The highest BCUT2D eigenvalue weighted by molar-refractivity contribution is 7.47. The molecule has 0 aliphatic heterocycles. The molecule has 0 radical (unpaired) electrons. The van der Waals surface area contributed by atoms with E-state index < -0.39 is 20.0 Å². The number of phosphoric acid groups is 1. The molecule has 0 saturated heterocycles. The van der Waals surface area contributed by atoms with Crippen molar-refractivity contribution in [3.63, 3.8) is 0 Å². The summed E-state index contributed by atoms with van der Waals surface area (Å²) < 4.78 is 23.8. The van der Waals surface area contributed by atoms with Crippen LogP contribution in [0.25, 0.3) is 0 Å². The van der Waals surface area contributed by atoms with E-state index >= 15 is 0 Å². The minimum atomic E-state index is -4.37. The smallest absolute Gasteiger partial charge is 0.387 e. The minimum Gasteiger partial charge on any atom is -0.387 e. The lowest BCUT2D eigenvalue weighted by Crippen LogP contribution is -2.45. The van der Waals surface area contributed by atoms with Gasteiger partial charge in [0.2, 0.25) is 5.91 Å². The number of allylic oxidation sites excluding steroid dienone is 15. The molecule has 0 spiro atoms. The molecule has 3 unspecified atom stereocenters. The number of nitrogens with one attached hydrogen (secondary N) is 1. The first-order valence-corrected chi connectivity index (χ1v) is 33.6. The average Bonchev–Trinajstić information content (AvgIpc) is 3.39. The van der Waals surface area contributed by atoms with Crippen LogP contribution in [-0.4, -0.2) is 73.4 Å². The number of hydrogen-bond donors (Lipinski definition) is 3. The molecule has 77 heavy (non-hydrogen) atoms. The molecule has 446 valence electrons. The Morgan fingerprint density at radius 1 is 0.455 bits per heavy atom. The highest BCUT2D eigenvalue weighted by Gasteiger charge is 2.27. The molecule has 0 heterocycles. The van der Waals surface area contributed by atoms with Crippen LogP contribution in [0.15, 0.2) is 97.2 Å². The van der Waals surface area contributed by atoms with Crippen LogP contribution in [0.1, 0.15) is 277 Å². The van der Waals surface area contributed by atoms with Crippen LogP contribution in [0.3, 0.4) is 0 Å². The number of aliphatic hydroxyl groups is 1. The normalized spacial score (nSPS) is 14.4. The molecule has 0 saturated carbocycles. The van der Waals surface area contributed by atoms with Gasteiger partial charge in [-0.15, -0.1) is 0 Å². The van der Waals surface area contributed by atoms with Gasteiger partial charge in [0.25, 0.3) is 0 Å². The number of amides is 1. The standard InChI is InChI=1S/C68H123N2O6P/c1-6-8-10-12-14-16-18-20-22-24-26-28-30-32-33-34-35-36-37-38-40-42-44-46-48-50-52-54-56-58-60-62-68(72)69-66(65-76-77(73,74)75-64-63-70(3,4)5)67(71)61-59-57-55-53-51-49-47-45-43-41-39-31-29-27-25-23-21-19-17-15-13-11-9-7-2/h8,10,14,16,20,22,26,28,32-33,35-36,51,53,59,61,66-67,71H,6-7,9,11-13,15,17-19,21,23-25,27,29-31,34,37-50,52,54-58,60,62-65H2,1-5H3,(H-,69,72,73,74)/p+1/b10-8-,16-14-,22-20-,28-26-,33-32-,36-35-,53-51+,61-59+.